The molecule has 0 spiro atoms. The Bertz CT molecular complexity index is 924. The van der Waals surface area contributed by atoms with E-state index in [9.17, 15) is 13.2 Å². The van der Waals surface area contributed by atoms with Gasteiger partial charge in [0.15, 0.2) is 0 Å². The van der Waals surface area contributed by atoms with Gasteiger partial charge in [-0.25, -0.2) is 8.42 Å². The number of carbonyl (C=O) groups is 1. The lowest BCUT2D eigenvalue weighted by molar-refractivity contribution is 0.0942. The third kappa shape index (κ3) is 4.17. The van der Waals surface area contributed by atoms with Crippen LogP contribution in [0.15, 0.2) is 35.0 Å². The Labute approximate surface area is 164 Å². The van der Waals surface area contributed by atoms with Crippen LogP contribution in [0.25, 0.3) is 0 Å². The number of hydrogen-bond acceptors (Lipinski definition) is 5. The molecule has 2 atom stereocenters. The molecule has 0 fully saturated rings. The van der Waals surface area contributed by atoms with Crippen molar-refractivity contribution in [3.05, 3.63) is 51.7 Å². The number of thiophene rings is 1. The standard InChI is InChI=1S/C19H25N3O3S2/c1-13-9-16-10-14(5-6-17(16)22(13)27(4,24)25)19(23)20-11-18(21(2)3)15-7-8-26-12-15/h5-8,10,12-13,18H,9,11H2,1-4H3,(H,20,23)/t13-,18-/m1/s1. The largest absolute Gasteiger partial charge is 0.350 e. The first-order valence-electron chi connectivity index (χ1n) is 8.77. The summed E-state index contributed by atoms with van der Waals surface area (Å²) in [5, 5.41) is 7.13. The summed E-state index contributed by atoms with van der Waals surface area (Å²) in [5.41, 5.74) is 3.30. The number of nitrogens with zero attached hydrogens (tertiary/aromatic N) is 2. The lowest BCUT2D eigenvalue weighted by Gasteiger charge is -2.24. The number of benzene rings is 1. The fraction of sp³-hybridized carbons (Fsp3) is 0.421. The number of anilines is 1. The lowest BCUT2D eigenvalue weighted by atomic mass is 10.1. The predicted molar refractivity (Wildman–Crippen MR) is 110 cm³/mol. The minimum atomic E-state index is -3.33. The number of amides is 1. The van der Waals surface area contributed by atoms with Crippen molar-refractivity contribution < 1.29 is 13.2 Å². The highest BCUT2D eigenvalue weighted by atomic mass is 32.2. The van der Waals surface area contributed by atoms with Crippen LogP contribution in [-0.2, 0) is 16.4 Å². The predicted octanol–water partition coefficient (Wildman–Crippen LogP) is 2.49. The third-order valence-corrected chi connectivity index (χ3v) is 6.83. The average molecular weight is 408 g/mol. The van der Waals surface area contributed by atoms with Gasteiger partial charge in [-0.3, -0.25) is 9.10 Å². The molecule has 1 aromatic carbocycles. The third-order valence-electron chi connectivity index (χ3n) is 4.86. The van der Waals surface area contributed by atoms with Gasteiger partial charge in [0.05, 0.1) is 18.0 Å². The zero-order chi connectivity index (χ0) is 19.8. The number of carbonyl (C=O) groups excluding carboxylic acids is 1. The van der Waals surface area contributed by atoms with Crippen molar-refractivity contribution >= 4 is 33.0 Å². The molecule has 3 rings (SSSR count). The summed E-state index contributed by atoms with van der Waals surface area (Å²) < 4.78 is 25.5. The van der Waals surface area contributed by atoms with E-state index < -0.39 is 10.0 Å². The highest BCUT2D eigenvalue weighted by molar-refractivity contribution is 7.92. The van der Waals surface area contributed by atoms with Gasteiger partial charge in [0.25, 0.3) is 5.91 Å². The second kappa shape index (κ2) is 7.61. The lowest BCUT2D eigenvalue weighted by Crippen LogP contribution is -2.34. The van der Waals surface area contributed by atoms with Crippen molar-refractivity contribution in [3.8, 4) is 0 Å². The van der Waals surface area contributed by atoms with Crippen molar-refractivity contribution in [3.63, 3.8) is 0 Å². The second-order valence-corrected chi connectivity index (χ2v) is 9.84. The highest BCUT2D eigenvalue weighted by Crippen LogP contribution is 2.34. The van der Waals surface area contributed by atoms with Crippen LogP contribution in [0.4, 0.5) is 5.69 Å². The van der Waals surface area contributed by atoms with Gasteiger partial charge in [-0.05, 0) is 73.6 Å². The topological polar surface area (TPSA) is 69.7 Å². The van der Waals surface area contributed by atoms with E-state index >= 15 is 0 Å². The molecule has 146 valence electrons. The van der Waals surface area contributed by atoms with E-state index in [1.165, 1.54) is 16.1 Å². The van der Waals surface area contributed by atoms with E-state index in [1.807, 2.05) is 32.5 Å². The molecule has 8 heteroatoms. The molecular formula is C19H25N3O3S2. The molecule has 0 saturated carbocycles. The van der Waals surface area contributed by atoms with E-state index in [4.69, 9.17) is 0 Å². The van der Waals surface area contributed by atoms with Gasteiger partial charge in [0, 0.05) is 18.2 Å². The second-order valence-electron chi connectivity index (χ2n) is 7.20. The molecule has 0 radical (unpaired) electrons. The van der Waals surface area contributed by atoms with Gasteiger partial charge in [-0.1, -0.05) is 0 Å². The van der Waals surface area contributed by atoms with Crippen molar-refractivity contribution in [1.29, 1.82) is 0 Å². The molecule has 1 aromatic heterocycles. The normalized spacial score (nSPS) is 17.8. The first kappa shape index (κ1) is 19.9. The van der Waals surface area contributed by atoms with Crippen LogP contribution in [0.1, 0.15) is 34.5 Å². The van der Waals surface area contributed by atoms with E-state index in [0.717, 1.165) is 5.56 Å². The first-order chi connectivity index (χ1) is 12.7. The zero-order valence-electron chi connectivity index (χ0n) is 16.0. The van der Waals surface area contributed by atoms with Crippen LogP contribution < -0.4 is 9.62 Å². The fourth-order valence-electron chi connectivity index (χ4n) is 3.60. The van der Waals surface area contributed by atoms with Gasteiger partial charge in [-0.2, -0.15) is 11.3 Å². The molecule has 0 bridgehead atoms. The molecule has 1 N–H and O–H groups in total. The van der Waals surface area contributed by atoms with Crippen LogP contribution >= 0.6 is 11.3 Å². The van der Waals surface area contributed by atoms with E-state index in [1.54, 1.807) is 23.5 Å². The maximum absolute atomic E-state index is 12.6. The van der Waals surface area contributed by atoms with Gasteiger partial charge < -0.3 is 10.2 Å². The van der Waals surface area contributed by atoms with E-state index in [2.05, 4.69) is 21.7 Å². The summed E-state index contributed by atoms with van der Waals surface area (Å²) in [7, 11) is 0.656. The van der Waals surface area contributed by atoms with Crippen LogP contribution in [0.2, 0.25) is 0 Å². The van der Waals surface area contributed by atoms with Crippen LogP contribution in [0.5, 0.6) is 0 Å². The van der Waals surface area contributed by atoms with Gasteiger partial charge in [0.1, 0.15) is 0 Å². The van der Waals surface area contributed by atoms with E-state index in [-0.39, 0.29) is 18.0 Å². The molecule has 0 saturated heterocycles. The molecule has 6 nitrogen and oxygen atoms in total. The van der Waals surface area contributed by atoms with Crippen molar-refractivity contribution in [2.75, 3.05) is 31.2 Å². The maximum atomic E-state index is 12.6. The monoisotopic (exact) mass is 407 g/mol. The van der Waals surface area contributed by atoms with Crippen molar-refractivity contribution in [2.45, 2.75) is 25.4 Å². The first-order valence-corrected chi connectivity index (χ1v) is 11.6. The molecular weight excluding hydrogens is 382 g/mol. The van der Waals surface area contributed by atoms with Gasteiger partial charge in [-0.15, -0.1) is 0 Å². The number of likely N-dealkylation sites (N-methyl/N-ethyl adjacent to an activating group) is 1. The number of nitrogens with one attached hydrogen (secondary N) is 1. The van der Waals surface area contributed by atoms with Gasteiger partial charge in [0.2, 0.25) is 10.0 Å². The SMILES string of the molecule is C[C@@H]1Cc2cc(C(=O)NC[C@H](c3ccsc3)N(C)C)ccc2N1S(C)(=O)=O. The highest BCUT2D eigenvalue weighted by Gasteiger charge is 2.32. The molecule has 0 aliphatic carbocycles. The van der Waals surface area contributed by atoms with Crippen molar-refractivity contribution in [1.82, 2.24) is 10.2 Å². The summed E-state index contributed by atoms with van der Waals surface area (Å²) in [6.45, 7) is 2.38. The number of hydrogen-bond donors (Lipinski definition) is 1. The van der Waals surface area contributed by atoms with Crippen LogP contribution in [-0.4, -0.2) is 52.2 Å². The molecule has 2 aromatic rings. The number of sulfonamides is 1. The number of fused-ring (bicyclic) bond motifs is 1. The molecule has 1 aliphatic heterocycles. The molecule has 0 unspecified atom stereocenters. The Morgan fingerprint density at radius 2 is 2.11 bits per heavy atom. The minimum absolute atomic E-state index is 0.107. The summed E-state index contributed by atoms with van der Waals surface area (Å²) in [6, 6.07) is 7.27. The summed E-state index contributed by atoms with van der Waals surface area (Å²) >= 11 is 1.64. The quantitative estimate of drug-likeness (QED) is 0.799. The fourth-order valence-corrected chi connectivity index (χ4v) is 5.57. The minimum Gasteiger partial charge on any atom is -0.350 e. The summed E-state index contributed by atoms with van der Waals surface area (Å²) in [6.07, 6.45) is 1.82. The Morgan fingerprint density at radius 3 is 2.70 bits per heavy atom. The summed E-state index contributed by atoms with van der Waals surface area (Å²) in [4.78, 5) is 14.7. The number of rotatable bonds is 6. The Balaban J connectivity index is 1.74. The van der Waals surface area contributed by atoms with Crippen LogP contribution in [0, 0.1) is 0 Å². The van der Waals surface area contributed by atoms with Gasteiger partial charge >= 0.3 is 0 Å². The smallest absolute Gasteiger partial charge is 0.251 e. The molecule has 27 heavy (non-hydrogen) atoms. The average Bonchev–Trinajstić information content (AvgIpc) is 3.19. The Kier molecular flexibility index (Phi) is 5.60. The molecule has 2 heterocycles. The molecule has 1 aliphatic rings. The van der Waals surface area contributed by atoms with Crippen LogP contribution in [0.3, 0.4) is 0 Å². The Morgan fingerprint density at radius 1 is 1.37 bits per heavy atom. The maximum Gasteiger partial charge on any atom is 0.251 e. The summed E-state index contributed by atoms with van der Waals surface area (Å²) in [5.74, 6) is -0.148. The Hall–Kier alpha value is -1.90. The zero-order valence-corrected chi connectivity index (χ0v) is 17.6. The molecule has 1 amide bonds. The van der Waals surface area contributed by atoms with E-state index in [0.29, 0.717) is 24.2 Å². The van der Waals surface area contributed by atoms with Crippen molar-refractivity contribution in [2.24, 2.45) is 0 Å².